The van der Waals surface area contributed by atoms with Crippen molar-refractivity contribution in [2.45, 2.75) is 32.7 Å². The molecule has 1 amide bonds. The summed E-state index contributed by atoms with van der Waals surface area (Å²) in [6.45, 7) is 7.95. The van der Waals surface area contributed by atoms with Gasteiger partial charge in [0.1, 0.15) is 0 Å². The smallest absolute Gasteiger partial charge is 0.239 e. The Kier molecular flexibility index (Phi) is 5.92. The van der Waals surface area contributed by atoms with Gasteiger partial charge in [0.25, 0.3) is 0 Å². The molecule has 0 aromatic heterocycles. The van der Waals surface area contributed by atoms with Gasteiger partial charge in [-0.15, -0.1) is 0 Å². The molecule has 1 rings (SSSR count). The van der Waals surface area contributed by atoms with Crippen LogP contribution < -0.4 is 5.32 Å². The fourth-order valence-electron chi connectivity index (χ4n) is 2.17. The van der Waals surface area contributed by atoms with E-state index in [9.17, 15) is 4.79 Å². The zero-order valence-electron chi connectivity index (χ0n) is 11.7. The summed E-state index contributed by atoms with van der Waals surface area (Å²) in [6.07, 6.45) is 2.12. The Morgan fingerprint density at radius 1 is 1.35 bits per heavy atom. The highest BCUT2D eigenvalue weighted by Gasteiger charge is 2.26. The van der Waals surface area contributed by atoms with Crippen molar-refractivity contribution in [1.82, 2.24) is 15.1 Å². The monoisotopic (exact) mass is 241 g/mol. The number of rotatable bonds is 6. The molecule has 1 heterocycles. The topological polar surface area (TPSA) is 35.6 Å². The largest absolute Gasteiger partial charge is 0.340 e. The zero-order valence-corrected chi connectivity index (χ0v) is 11.7. The zero-order chi connectivity index (χ0) is 12.8. The highest BCUT2D eigenvalue weighted by molar-refractivity contribution is 5.82. The second kappa shape index (κ2) is 6.97. The first-order valence-corrected chi connectivity index (χ1v) is 6.67. The quantitative estimate of drug-likeness (QED) is 0.746. The molecule has 0 aliphatic carbocycles. The Bertz CT molecular complexity index is 235. The number of carbonyl (C=O) groups is 1. The van der Waals surface area contributed by atoms with E-state index >= 15 is 0 Å². The van der Waals surface area contributed by atoms with Gasteiger partial charge < -0.3 is 15.1 Å². The van der Waals surface area contributed by atoms with E-state index in [-0.39, 0.29) is 11.9 Å². The third-order valence-corrected chi connectivity index (χ3v) is 3.07. The van der Waals surface area contributed by atoms with Crippen molar-refractivity contribution in [3.63, 3.8) is 0 Å². The van der Waals surface area contributed by atoms with Crippen LogP contribution in [0.5, 0.6) is 0 Å². The van der Waals surface area contributed by atoms with Gasteiger partial charge in [-0.2, -0.15) is 0 Å². The van der Waals surface area contributed by atoms with Crippen LogP contribution in [0.1, 0.15) is 26.7 Å². The Hall–Kier alpha value is -0.610. The van der Waals surface area contributed by atoms with Gasteiger partial charge in [-0.05, 0) is 39.4 Å². The Morgan fingerprint density at radius 2 is 2.06 bits per heavy atom. The minimum absolute atomic E-state index is 0.0657. The maximum absolute atomic E-state index is 12.3. The van der Waals surface area contributed by atoms with Gasteiger partial charge >= 0.3 is 0 Å². The lowest BCUT2D eigenvalue weighted by atomic mass is 10.1. The van der Waals surface area contributed by atoms with Crippen molar-refractivity contribution in [1.29, 1.82) is 0 Å². The summed E-state index contributed by atoms with van der Waals surface area (Å²) in [6, 6.07) is 0.0657. The number of amides is 1. The summed E-state index contributed by atoms with van der Waals surface area (Å²) in [7, 11) is 4.09. The lowest BCUT2D eigenvalue weighted by Gasteiger charge is -2.28. The van der Waals surface area contributed by atoms with Crippen LogP contribution in [-0.4, -0.2) is 62.0 Å². The van der Waals surface area contributed by atoms with Gasteiger partial charge in [-0.3, -0.25) is 4.79 Å². The van der Waals surface area contributed by atoms with E-state index in [0.29, 0.717) is 5.92 Å². The number of likely N-dealkylation sites (N-methyl/N-ethyl adjacent to an activating group) is 1. The third kappa shape index (κ3) is 5.04. The molecule has 17 heavy (non-hydrogen) atoms. The highest BCUT2D eigenvalue weighted by atomic mass is 16.2. The predicted molar refractivity (Wildman–Crippen MR) is 71.0 cm³/mol. The molecule has 1 atom stereocenters. The lowest BCUT2D eigenvalue weighted by Crippen LogP contribution is -2.47. The molecule has 100 valence electrons. The highest BCUT2D eigenvalue weighted by Crippen LogP contribution is 2.10. The summed E-state index contributed by atoms with van der Waals surface area (Å²) in [5, 5.41) is 3.29. The van der Waals surface area contributed by atoms with Gasteiger partial charge in [0.2, 0.25) is 5.91 Å². The molecule has 0 radical (unpaired) electrons. The third-order valence-electron chi connectivity index (χ3n) is 3.07. The maximum atomic E-state index is 12.3. The summed E-state index contributed by atoms with van der Waals surface area (Å²) in [5.41, 5.74) is 0. The number of nitrogens with one attached hydrogen (secondary N) is 1. The van der Waals surface area contributed by atoms with E-state index in [4.69, 9.17) is 0 Å². The molecule has 1 N–H and O–H groups in total. The number of hydrogen-bond donors (Lipinski definition) is 1. The summed E-state index contributed by atoms with van der Waals surface area (Å²) < 4.78 is 0. The Morgan fingerprint density at radius 3 is 2.53 bits per heavy atom. The van der Waals surface area contributed by atoms with Gasteiger partial charge in [0.05, 0.1) is 6.04 Å². The van der Waals surface area contributed by atoms with Gasteiger partial charge in [0.15, 0.2) is 0 Å². The minimum atomic E-state index is 0.0657. The Labute approximate surface area is 105 Å². The van der Waals surface area contributed by atoms with E-state index in [0.717, 1.165) is 39.0 Å². The first-order valence-electron chi connectivity index (χ1n) is 6.67. The predicted octanol–water partition coefficient (Wildman–Crippen LogP) is 0.785. The van der Waals surface area contributed by atoms with Crippen molar-refractivity contribution in [3.8, 4) is 0 Å². The average Bonchev–Trinajstić information content (AvgIpc) is 2.75. The molecule has 0 unspecified atom stereocenters. The van der Waals surface area contributed by atoms with Crippen molar-refractivity contribution in [2.24, 2.45) is 5.92 Å². The van der Waals surface area contributed by atoms with Crippen molar-refractivity contribution >= 4 is 5.91 Å². The molecular formula is C13H27N3O. The van der Waals surface area contributed by atoms with E-state index < -0.39 is 0 Å². The summed E-state index contributed by atoms with van der Waals surface area (Å²) in [5.74, 6) is 0.820. The second-order valence-electron chi connectivity index (χ2n) is 5.63. The van der Waals surface area contributed by atoms with Crippen LogP contribution in [0.3, 0.4) is 0 Å². The van der Waals surface area contributed by atoms with E-state index in [1.54, 1.807) is 0 Å². The van der Waals surface area contributed by atoms with Crippen LogP contribution in [0, 0.1) is 5.92 Å². The fourth-order valence-corrected chi connectivity index (χ4v) is 2.17. The molecule has 4 nitrogen and oxygen atoms in total. The van der Waals surface area contributed by atoms with Crippen LogP contribution in [-0.2, 0) is 4.79 Å². The SMILES string of the molecule is CC(C)CN(CCN(C)C)C(=O)[C@@H]1CCCN1. The number of carbonyl (C=O) groups excluding carboxylic acids is 1. The van der Waals surface area contributed by atoms with Gasteiger partial charge in [-0.25, -0.2) is 0 Å². The first kappa shape index (κ1) is 14.5. The molecule has 0 saturated carbocycles. The molecule has 0 spiro atoms. The van der Waals surface area contributed by atoms with Gasteiger partial charge in [-0.1, -0.05) is 13.8 Å². The molecule has 1 aliphatic heterocycles. The fraction of sp³-hybridized carbons (Fsp3) is 0.923. The molecule has 1 aliphatic rings. The van der Waals surface area contributed by atoms with Crippen LogP contribution >= 0.6 is 0 Å². The van der Waals surface area contributed by atoms with Crippen LogP contribution in [0.2, 0.25) is 0 Å². The number of nitrogens with zero attached hydrogens (tertiary/aromatic N) is 2. The van der Waals surface area contributed by atoms with E-state index in [2.05, 4.69) is 24.1 Å². The standard InChI is InChI=1S/C13H27N3O/c1-11(2)10-16(9-8-15(3)4)13(17)12-6-5-7-14-12/h11-12,14H,5-10H2,1-4H3/t12-/m0/s1. The maximum Gasteiger partial charge on any atom is 0.239 e. The van der Waals surface area contributed by atoms with Crippen LogP contribution in [0.4, 0.5) is 0 Å². The molecular weight excluding hydrogens is 214 g/mol. The molecule has 1 fully saturated rings. The molecule has 1 saturated heterocycles. The summed E-state index contributed by atoms with van der Waals surface area (Å²) >= 11 is 0. The van der Waals surface area contributed by atoms with Crippen molar-refractivity contribution < 1.29 is 4.79 Å². The van der Waals surface area contributed by atoms with Gasteiger partial charge in [0, 0.05) is 19.6 Å². The van der Waals surface area contributed by atoms with Crippen molar-refractivity contribution in [2.75, 3.05) is 40.3 Å². The normalized spacial score (nSPS) is 20.2. The number of hydrogen-bond acceptors (Lipinski definition) is 3. The molecule has 0 aromatic carbocycles. The van der Waals surface area contributed by atoms with Crippen molar-refractivity contribution in [3.05, 3.63) is 0 Å². The molecule has 4 heteroatoms. The van der Waals surface area contributed by atoms with Crippen LogP contribution in [0.25, 0.3) is 0 Å². The average molecular weight is 241 g/mol. The Balaban J connectivity index is 2.50. The lowest BCUT2D eigenvalue weighted by molar-refractivity contribution is -0.133. The molecule has 0 bridgehead atoms. The van der Waals surface area contributed by atoms with Crippen LogP contribution in [0.15, 0.2) is 0 Å². The summed E-state index contributed by atoms with van der Waals surface area (Å²) in [4.78, 5) is 16.5. The molecule has 0 aromatic rings. The minimum Gasteiger partial charge on any atom is -0.340 e. The van der Waals surface area contributed by atoms with E-state index in [1.165, 1.54) is 0 Å². The van der Waals surface area contributed by atoms with E-state index in [1.807, 2.05) is 19.0 Å². The second-order valence-corrected chi connectivity index (χ2v) is 5.63. The first-order chi connectivity index (χ1) is 8.00.